The average molecular weight is 283 g/mol. The van der Waals surface area contributed by atoms with Crippen LogP contribution < -0.4 is 0 Å². The number of nitriles is 1. The maximum atomic E-state index is 9.77. The summed E-state index contributed by atoms with van der Waals surface area (Å²) in [4.78, 5) is 0. The van der Waals surface area contributed by atoms with Gasteiger partial charge >= 0.3 is 0 Å². The van der Waals surface area contributed by atoms with Crippen LogP contribution in [0, 0.1) is 28.6 Å². The standard InChI is InChI=1S/C18H25N3/c19-13-18(11-14-6-7-15(18)10-14)12-16-8-9-21(20-16)17-4-2-1-3-5-17/h8-9,14-15,17H,1-7,10-12H2. The second-order valence-corrected chi connectivity index (χ2v) is 7.60. The van der Waals surface area contributed by atoms with E-state index in [1.807, 2.05) is 0 Å². The van der Waals surface area contributed by atoms with Gasteiger partial charge in [-0.1, -0.05) is 25.7 Å². The lowest BCUT2D eigenvalue weighted by Gasteiger charge is -2.30. The molecule has 0 aliphatic heterocycles. The van der Waals surface area contributed by atoms with Crippen molar-refractivity contribution < 1.29 is 0 Å². The highest BCUT2D eigenvalue weighted by molar-refractivity contribution is 5.17. The van der Waals surface area contributed by atoms with Crippen LogP contribution in [0.25, 0.3) is 0 Å². The number of aromatic nitrogens is 2. The van der Waals surface area contributed by atoms with Gasteiger partial charge in [-0.25, -0.2) is 0 Å². The summed E-state index contributed by atoms with van der Waals surface area (Å²) in [7, 11) is 0. The van der Waals surface area contributed by atoms with Crippen LogP contribution in [0.15, 0.2) is 12.3 Å². The molecular weight excluding hydrogens is 258 g/mol. The molecule has 3 unspecified atom stereocenters. The SMILES string of the molecule is N#CC1(Cc2ccn(C3CCCCC3)n2)CC2CCC1C2. The van der Waals surface area contributed by atoms with Crippen molar-refractivity contribution in [1.82, 2.24) is 9.78 Å². The van der Waals surface area contributed by atoms with Crippen molar-refractivity contribution in [1.29, 1.82) is 5.26 Å². The molecule has 3 atom stereocenters. The van der Waals surface area contributed by atoms with Gasteiger partial charge in [-0.2, -0.15) is 10.4 Å². The Kier molecular flexibility index (Phi) is 3.28. The summed E-state index contributed by atoms with van der Waals surface area (Å²) in [5.74, 6) is 1.45. The molecule has 3 nitrogen and oxygen atoms in total. The molecule has 0 spiro atoms. The summed E-state index contributed by atoms with van der Waals surface area (Å²) >= 11 is 0. The van der Waals surface area contributed by atoms with Crippen LogP contribution in [0.1, 0.15) is 69.5 Å². The van der Waals surface area contributed by atoms with Gasteiger partial charge in [0, 0.05) is 12.6 Å². The summed E-state index contributed by atoms with van der Waals surface area (Å²) < 4.78 is 2.19. The van der Waals surface area contributed by atoms with Crippen LogP contribution in [0.2, 0.25) is 0 Å². The summed E-state index contributed by atoms with van der Waals surface area (Å²) in [5.41, 5.74) is 1.05. The maximum Gasteiger partial charge on any atom is 0.0696 e. The van der Waals surface area contributed by atoms with E-state index in [0.29, 0.717) is 12.0 Å². The largest absolute Gasteiger partial charge is 0.269 e. The molecule has 3 aliphatic rings. The normalized spacial score (nSPS) is 36.0. The second-order valence-electron chi connectivity index (χ2n) is 7.60. The highest BCUT2D eigenvalue weighted by atomic mass is 15.3. The highest BCUT2D eigenvalue weighted by Crippen LogP contribution is 2.56. The van der Waals surface area contributed by atoms with Crippen LogP contribution in [-0.4, -0.2) is 9.78 Å². The third-order valence-electron chi connectivity index (χ3n) is 6.31. The van der Waals surface area contributed by atoms with E-state index < -0.39 is 0 Å². The zero-order chi connectivity index (χ0) is 14.3. The first-order valence-corrected chi connectivity index (χ1v) is 8.74. The summed E-state index contributed by atoms with van der Waals surface area (Å²) in [6.45, 7) is 0. The van der Waals surface area contributed by atoms with E-state index >= 15 is 0 Å². The third kappa shape index (κ3) is 2.29. The van der Waals surface area contributed by atoms with Crippen molar-refractivity contribution in [2.24, 2.45) is 17.3 Å². The van der Waals surface area contributed by atoms with Gasteiger partial charge in [-0.05, 0) is 50.0 Å². The van der Waals surface area contributed by atoms with Gasteiger partial charge in [0.25, 0.3) is 0 Å². The molecule has 3 heteroatoms. The van der Waals surface area contributed by atoms with Crippen LogP contribution in [0.5, 0.6) is 0 Å². The van der Waals surface area contributed by atoms with Crippen molar-refractivity contribution in [3.8, 4) is 6.07 Å². The van der Waals surface area contributed by atoms with Gasteiger partial charge < -0.3 is 0 Å². The predicted molar refractivity (Wildman–Crippen MR) is 81.5 cm³/mol. The van der Waals surface area contributed by atoms with Crippen molar-refractivity contribution >= 4 is 0 Å². The molecule has 1 aromatic heterocycles. The van der Waals surface area contributed by atoms with Crippen LogP contribution >= 0.6 is 0 Å². The van der Waals surface area contributed by atoms with Gasteiger partial charge in [-0.3, -0.25) is 4.68 Å². The number of nitrogens with zero attached hydrogens (tertiary/aromatic N) is 3. The van der Waals surface area contributed by atoms with Crippen molar-refractivity contribution in [3.05, 3.63) is 18.0 Å². The predicted octanol–water partition coefficient (Wildman–Crippen LogP) is 4.26. The van der Waals surface area contributed by atoms with Crippen molar-refractivity contribution in [3.63, 3.8) is 0 Å². The van der Waals surface area contributed by atoms with Crippen molar-refractivity contribution in [2.75, 3.05) is 0 Å². The van der Waals surface area contributed by atoms with Crippen LogP contribution in [0.3, 0.4) is 0 Å². The lowest BCUT2D eigenvalue weighted by Crippen LogP contribution is -2.28. The third-order valence-corrected chi connectivity index (χ3v) is 6.31. The van der Waals surface area contributed by atoms with Crippen LogP contribution in [0.4, 0.5) is 0 Å². The molecule has 0 radical (unpaired) electrons. The molecule has 0 N–H and O–H groups in total. The molecule has 3 saturated carbocycles. The Labute approximate surface area is 127 Å². The zero-order valence-electron chi connectivity index (χ0n) is 12.8. The van der Waals surface area contributed by atoms with Gasteiger partial charge in [0.05, 0.1) is 23.2 Å². The number of fused-ring (bicyclic) bond motifs is 2. The summed E-state index contributed by atoms with van der Waals surface area (Å²) in [6, 6.07) is 5.47. The van der Waals surface area contributed by atoms with E-state index in [4.69, 9.17) is 5.10 Å². The number of hydrogen-bond acceptors (Lipinski definition) is 2. The minimum Gasteiger partial charge on any atom is -0.269 e. The molecule has 21 heavy (non-hydrogen) atoms. The van der Waals surface area contributed by atoms with E-state index in [0.717, 1.165) is 24.5 Å². The Morgan fingerprint density at radius 1 is 1.24 bits per heavy atom. The van der Waals surface area contributed by atoms with E-state index in [1.165, 1.54) is 51.4 Å². The molecular formula is C18H25N3. The Morgan fingerprint density at radius 3 is 2.76 bits per heavy atom. The Bertz CT molecular complexity index is 549. The summed E-state index contributed by atoms with van der Waals surface area (Å²) in [5, 5.41) is 14.6. The highest BCUT2D eigenvalue weighted by Gasteiger charge is 2.51. The molecule has 4 rings (SSSR count). The van der Waals surface area contributed by atoms with Crippen molar-refractivity contribution in [2.45, 2.75) is 70.3 Å². The smallest absolute Gasteiger partial charge is 0.0696 e. The molecule has 112 valence electrons. The van der Waals surface area contributed by atoms with Gasteiger partial charge in [-0.15, -0.1) is 0 Å². The first kappa shape index (κ1) is 13.4. The lowest BCUT2D eigenvalue weighted by molar-refractivity contribution is 0.235. The second kappa shape index (κ2) is 5.16. The minimum absolute atomic E-state index is 0.103. The molecule has 0 amide bonds. The van der Waals surface area contributed by atoms with E-state index in [1.54, 1.807) is 0 Å². The monoisotopic (exact) mass is 283 g/mol. The molecule has 2 bridgehead atoms. The van der Waals surface area contributed by atoms with E-state index in [2.05, 4.69) is 23.0 Å². The molecule has 3 fully saturated rings. The topological polar surface area (TPSA) is 41.6 Å². The molecule has 0 saturated heterocycles. The van der Waals surface area contributed by atoms with Crippen LogP contribution in [-0.2, 0) is 6.42 Å². The first-order valence-electron chi connectivity index (χ1n) is 8.74. The quantitative estimate of drug-likeness (QED) is 0.831. The van der Waals surface area contributed by atoms with Gasteiger partial charge in [0.2, 0.25) is 0 Å². The number of rotatable bonds is 3. The first-order chi connectivity index (χ1) is 10.3. The lowest BCUT2D eigenvalue weighted by atomic mass is 9.71. The molecule has 0 aromatic carbocycles. The molecule has 1 aromatic rings. The fraction of sp³-hybridized carbons (Fsp3) is 0.778. The minimum atomic E-state index is -0.103. The average Bonchev–Trinajstić information content (AvgIpc) is 3.24. The van der Waals surface area contributed by atoms with E-state index in [-0.39, 0.29) is 5.41 Å². The maximum absolute atomic E-state index is 9.77. The molecule has 1 heterocycles. The number of hydrogen-bond donors (Lipinski definition) is 0. The summed E-state index contributed by atoms with van der Waals surface area (Å²) in [6.07, 6.45) is 14.7. The fourth-order valence-corrected chi connectivity index (χ4v) is 5.18. The Balaban J connectivity index is 1.50. The Morgan fingerprint density at radius 2 is 2.10 bits per heavy atom. The Hall–Kier alpha value is -1.30. The zero-order valence-corrected chi connectivity index (χ0v) is 12.8. The van der Waals surface area contributed by atoms with Gasteiger partial charge in [0.1, 0.15) is 0 Å². The van der Waals surface area contributed by atoms with Gasteiger partial charge in [0.15, 0.2) is 0 Å². The molecule has 3 aliphatic carbocycles. The fourth-order valence-electron chi connectivity index (χ4n) is 5.18. The van der Waals surface area contributed by atoms with E-state index in [9.17, 15) is 5.26 Å².